The fraction of sp³-hybridized carbons (Fsp3) is 0.538. The van der Waals surface area contributed by atoms with Crippen molar-refractivity contribution >= 4 is 33.7 Å². The van der Waals surface area contributed by atoms with Crippen LogP contribution in [0.5, 0.6) is 0 Å². The topological polar surface area (TPSA) is 115 Å². The van der Waals surface area contributed by atoms with Crippen molar-refractivity contribution in [1.82, 2.24) is 0 Å². The van der Waals surface area contributed by atoms with E-state index in [0.29, 0.717) is 16.3 Å². The van der Waals surface area contributed by atoms with E-state index >= 15 is 0 Å². The van der Waals surface area contributed by atoms with Gasteiger partial charge in [0.2, 0.25) is 0 Å². The summed E-state index contributed by atoms with van der Waals surface area (Å²) >= 11 is 1.26. The molecule has 110 valence electrons. The van der Waals surface area contributed by atoms with E-state index < -0.39 is 5.91 Å². The summed E-state index contributed by atoms with van der Waals surface area (Å²) in [6, 6.07) is 0.192. The highest BCUT2D eigenvalue weighted by atomic mass is 32.1. The van der Waals surface area contributed by atoms with Gasteiger partial charge in [-0.15, -0.1) is 11.3 Å². The molecule has 1 aliphatic heterocycles. The third-order valence-corrected chi connectivity index (χ3v) is 4.88. The lowest BCUT2D eigenvalue weighted by Crippen LogP contribution is -2.40. The van der Waals surface area contributed by atoms with Crippen molar-refractivity contribution in [1.29, 1.82) is 0 Å². The average Bonchev–Trinajstić information content (AvgIpc) is 2.76. The summed E-state index contributed by atoms with van der Waals surface area (Å²) in [6.07, 6.45) is 2.06. The van der Waals surface area contributed by atoms with Gasteiger partial charge in [0.25, 0.3) is 5.91 Å². The fourth-order valence-corrected chi connectivity index (χ4v) is 3.65. The number of hydrogen-bond acceptors (Lipinski definition) is 6. The maximum atomic E-state index is 11.9. The number of amides is 1. The Morgan fingerprint density at radius 3 is 2.45 bits per heavy atom. The van der Waals surface area contributed by atoms with Crippen LogP contribution in [0.2, 0.25) is 0 Å². The second-order valence-electron chi connectivity index (χ2n) is 4.99. The normalized spacial score (nSPS) is 16.4. The number of nitrogens with two attached hydrogens (primary N) is 3. The first-order valence-electron chi connectivity index (χ1n) is 6.71. The van der Waals surface area contributed by atoms with Gasteiger partial charge in [0.15, 0.2) is 5.78 Å². The third-order valence-electron chi connectivity index (χ3n) is 3.57. The largest absolute Gasteiger partial charge is 0.397 e. The Hall–Kier alpha value is -1.60. The third kappa shape index (κ3) is 2.64. The van der Waals surface area contributed by atoms with Crippen LogP contribution >= 0.6 is 11.3 Å². The van der Waals surface area contributed by atoms with Gasteiger partial charge < -0.3 is 22.1 Å². The summed E-state index contributed by atoms with van der Waals surface area (Å²) in [5.41, 5.74) is 17.8. The minimum Gasteiger partial charge on any atom is -0.397 e. The monoisotopic (exact) mass is 296 g/mol. The summed E-state index contributed by atoms with van der Waals surface area (Å²) in [5.74, 6) is -0.645. The zero-order valence-electron chi connectivity index (χ0n) is 11.5. The highest BCUT2D eigenvalue weighted by Gasteiger charge is 2.28. The number of nitrogens with zero attached hydrogens (tertiary/aromatic N) is 1. The molecule has 0 aromatic carbocycles. The first-order valence-corrected chi connectivity index (χ1v) is 7.53. The predicted molar refractivity (Wildman–Crippen MR) is 81.3 cm³/mol. The van der Waals surface area contributed by atoms with Gasteiger partial charge in [-0.2, -0.15) is 0 Å². The SMILES string of the molecule is CCC(=O)c1sc(N2CCC(N)CC2)c(C(N)=O)c1N. The summed E-state index contributed by atoms with van der Waals surface area (Å²) < 4.78 is 0. The van der Waals surface area contributed by atoms with Gasteiger partial charge in [0.1, 0.15) is 5.00 Å². The van der Waals surface area contributed by atoms with Crippen molar-refractivity contribution in [2.45, 2.75) is 32.2 Å². The van der Waals surface area contributed by atoms with Crippen LogP contribution in [0.25, 0.3) is 0 Å². The van der Waals surface area contributed by atoms with Crippen LogP contribution in [0, 0.1) is 0 Å². The summed E-state index contributed by atoms with van der Waals surface area (Å²) in [5, 5.41) is 0.707. The minimum atomic E-state index is -0.584. The van der Waals surface area contributed by atoms with Gasteiger partial charge in [-0.05, 0) is 12.8 Å². The van der Waals surface area contributed by atoms with Crippen molar-refractivity contribution in [3.8, 4) is 0 Å². The van der Waals surface area contributed by atoms with Crippen molar-refractivity contribution < 1.29 is 9.59 Å². The maximum Gasteiger partial charge on any atom is 0.253 e. The zero-order valence-corrected chi connectivity index (χ0v) is 12.3. The number of rotatable bonds is 4. The number of primary amides is 1. The molecule has 0 saturated carbocycles. The number of hydrogen-bond donors (Lipinski definition) is 3. The van der Waals surface area contributed by atoms with Crippen LogP contribution in [-0.2, 0) is 0 Å². The Labute approximate surface area is 121 Å². The van der Waals surface area contributed by atoms with Gasteiger partial charge >= 0.3 is 0 Å². The summed E-state index contributed by atoms with van der Waals surface area (Å²) in [7, 11) is 0. The number of Topliss-reactive ketones (excluding diaryl/α,β-unsaturated/α-hetero) is 1. The van der Waals surface area contributed by atoms with Crippen molar-refractivity contribution in [3.05, 3.63) is 10.4 Å². The lowest BCUT2D eigenvalue weighted by atomic mass is 10.1. The van der Waals surface area contributed by atoms with Crippen molar-refractivity contribution in [2.24, 2.45) is 11.5 Å². The molecule has 0 aliphatic carbocycles. The van der Waals surface area contributed by atoms with Crippen LogP contribution in [0.3, 0.4) is 0 Å². The van der Waals surface area contributed by atoms with Gasteiger partial charge in [-0.1, -0.05) is 6.92 Å². The van der Waals surface area contributed by atoms with Gasteiger partial charge in [0.05, 0.1) is 16.1 Å². The van der Waals surface area contributed by atoms with Gasteiger partial charge in [-0.3, -0.25) is 9.59 Å². The van der Waals surface area contributed by atoms with E-state index in [-0.39, 0.29) is 23.1 Å². The molecule has 7 heteroatoms. The zero-order chi connectivity index (χ0) is 14.9. The van der Waals surface area contributed by atoms with E-state index in [0.717, 1.165) is 25.9 Å². The Morgan fingerprint density at radius 1 is 1.35 bits per heavy atom. The van der Waals surface area contributed by atoms with Crippen molar-refractivity contribution in [2.75, 3.05) is 23.7 Å². The predicted octanol–water partition coefficient (Wildman–Crippen LogP) is 0.949. The van der Waals surface area contributed by atoms with Gasteiger partial charge in [0, 0.05) is 25.6 Å². The van der Waals surface area contributed by atoms with E-state index in [1.165, 1.54) is 11.3 Å². The molecule has 1 aromatic heterocycles. The van der Waals surface area contributed by atoms with Crippen LogP contribution in [0.1, 0.15) is 46.2 Å². The molecule has 1 aliphatic rings. The number of nitrogen functional groups attached to an aromatic ring is 1. The molecule has 1 saturated heterocycles. The molecule has 1 fully saturated rings. The molecule has 6 nitrogen and oxygen atoms in total. The smallest absolute Gasteiger partial charge is 0.253 e. The van der Waals surface area contributed by atoms with Gasteiger partial charge in [-0.25, -0.2) is 0 Å². The lowest BCUT2D eigenvalue weighted by molar-refractivity contribution is 0.0991. The lowest BCUT2D eigenvalue weighted by Gasteiger charge is -2.31. The van der Waals surface area contributed by atoms with E-state index in [9.17, 15) is 9.59 Å². The van der Waals surface area contributed by atoms with Crippen LogP contribution in [0.15, 0.2) is 0 Å². The molecule has 20 heavy (non-hydrogen) atoms. The molecule has 1 aromatic rings. The minimum absolute atomic E-state index is 0.0602. The Kier molecular flexibility index (Phi) is 4.29. The molecule has 0 spiro atoms. The Morgan fingerprint density at radius 2 is 1.95 bits per heavy atom. The number of piperidine rings is 1. The number of carbonyl (C=O) groups excluding carboxylic acids is 2. The molecule has 0 atom stereocenters. The molecule has 2 heterocycles. The molecular weight excluding hydrogens is 276 g/mol. The second kappa shape index (κ2) is 5.80. The van der Waals surface area contributed by atoms with Crippen LogP contribution in [0.4, 0.5) is 10.7 Å². The average molecular weight is 296 g/mol. The number of carbonyl (C=O) groups is 2. The second-order valence-corrected chi connectivity index (χ2v) is 5.99. The first kappa shape index (κ1) is 14.8. The molecule has 0 bridgehead atoms. The number of ketones is 1. The molecule has 6 N–H and O–H groups in total. The van der Waals surface area contributed by atoms with E-state index in [1.807, 2.05) is 0 Å². The molecular formula is C13H20N4O2S. The summed E-state index contributed by atoms with van der Waals surface area (Å²) in [6.45, 7) is 3.27. The fourth-order valence-electron chi connectivity index (χ4n) is 2.36. The van der Waals surface area contributed by atoms with Crippen LogP contribution in [-0.4, -0.2) is 30.8 Å². The number of anilines is 2. The highest BCUT2D eigenvalue weighted by Crippen LogP contribution is 2.39. The van der Waals surface area contributed by atoms with Crippen LogP contribution < -0.4 is 22.1 Å². The molecule has 2 rings (SSSR count). The standard InChI is InChI=1S/C13H20N4O2S/c1-2-8(18)11-10(15)9(12(16)19)13(20-11)17-5-3-7(14)4-6-17/h7H,2-6,14-15H2,1H3,(H2,16,19). The van der Waals surface area contributed by atoms with E-state index in [1.54, 1.807) is 6.92 Å². The summed E-state index contributed by atoms with van der Waals surface area (Å²) in [4.78, 5) is 26.0. The molecule has 1 amide bonds. The Balaban J connectivity index is 2.41. The molecule has 0 unspecified atom stereocenters. The quantitative estimate of drug-likeness (QED) is 0.715. The number of thiophene rings is 1. The highest BCUT2D eigenvalue weighted by molar-refractivity contribution is 7.19. The van der Waals surface area contributed by atoms with E-state index in [4.69, 9.17) is 17.2 Å². The van der Waals surface area contributed by atoms with Crippen molar-refractivity contribution in [3.63, 3.8) is 0 Å². The molecule has 0 radical (unpaired) electrons. The maximum absolute atomic E-state index is 11.9. The Bertz CT molecular complexity index is 533. The first-order chi connectivity index (χ1) is 9.45. The van der Waals surface area contributed by atoms with E-state index in [2.05, 4.69) is 4.90 Å².